The summed E-state index contributed by atoms with van der Waals surface area (Å²) in [7, 11) is 0. The smallest absolute Gasteiger partial charge is 0.329 e. The van der Waals surface area contributed by atoms with E-state index in [2.05, 4.69) is 15.2 Å². The summed E-state index contributed by atoms with van der Waals surface area (Å²) in [4.78, 5) is 42.1. The molecule has 27 heavy (non-hydrogen) atoms. The number of aromatic amines is 1. The Labute approximate surface area is 158 Å². The van der Waals surface area contributed by atoms with E-state index in [0.717, 1.165) is 26.1 Å². The molecule has 2 heterocycles. The van der Waals surface area contributed by atoms with Gasteiger partial charge in [-0.3, -0.25) is 14.2 Å². The van der Waals surface area contributed by atoms with Crippen LogP contribution in [0.1, 0.15) is 55.9 Å². The van der Waals surface area contributed by atoms with E-state index in [4.69, 9.17) is 0 Å². The highest BCUT2D eigenvalue weighted by Gasteiger charge is 2.13. The molecule has 3 rings (SSSR count). The van der Waals surface area contributed by atoms with Crippen LogP contribution in [0.2, 0.25) is 0 Å². The van der Waals surface area contributed by atoms with E-state index in [1.54, 1.807) is 32.0 Å². The van der Waals surface area contributed by atoms with Gasteiger partial charge in [0.05, 0.1) is 10.9 Å². The zero-order valence-electron chi connectivity index (χ0n) is 16.1. The average molecular weight is 372 g/mol. The first-order valence-electron chi connectivity index (χ1n) is 9.76. The van der Waals surface area contributed by atoms with Crippen molar-refractivity contribution in [3.8, 4) is 0 Å². The summed E-state index contributed by atoms with van der Waals surface area (Å²) in [5.74, 6) is -0.190. The lowest BCUT2D eigenvalue weighted by atomic mass is 10.1. The van der Waals surface area contributed by atoms with Crippen molar-refractivity contribution in [3.63, 3.8) is 0 Å². The monoisotopic (exact) mass is 372 g/mol. The van der Waals surface area contributed by atoms with Gasteiger partial charge in [0.2, 0.25) is 0 Å². The predicted molar refractivity (Wildman–Crippen MR) is 106 cm³/mol. The zero-order valence-corrected chi connectivity index (χ0v) is 16.1. The second kappa shape index (κ2) is 8.52. The fraction of sp³-hybridized carbons (Fsp3) is 0.550. The number of hydrogen-bond acceptors (Lipinski definition) is 4. The molecule has 1 aliphatic heterocycles. The van der Waals surface area contributed by atoms with Crippen LogP contribution < -0.4 is 16.6 Å². The van der Waals surface area contributed by atoms with Crippen molar-refractivity contribution in [2.45, 2.75) is 45.6 Å². The number of aromatic nitrogens is 2. The summed E-state index contributed by atoms with van der Waals surface area (Å²) in [5.41, 5.74) is 0.0412. The standard InChI is InChI=1S/C20H28N4O3/c1-14(2)24-19(26)16-8-7-15(13-17(16)22-20(24)27)18(25)21-9-6-12-23-10-4-3-5-11-23/h7-8,13-14H,3-6,9-12H2,1-2H3,(H,21,25)(H,22,27). The summed E-state index contributed by atoms with van der Waals surface area (Å²) in [6.07, 6.45) is 4.76. The number of benzene rings is 1. The second-order valence-corrected chi connectivity index (χ2v) is 7.47. The Hall–Kier alpha value is -2.41. The van der Waals surface area contributed by atoms with Crippen molar-refractivity contribution in [3.05, 3.63) is 44.6 Å². The number of carbonyl (C=O) groups is 1. The summed E-state index contributed by atoms with van der Waals surface area (Å²) >= 11 is 0. The van der Waals surface area contributed by atoms with Crippen molar-refractivity contribution in [1.29, 1.82) is 0 Å². The third kappa shape index (κ3) is 4.47. The van der Waals surface area contributed by atoms with Crippen LogP contribution >= 0.6 is 0 Å². The molecule has 0 aliphatic carbocycles. The first-order valence-corrected chi connectivity index (χ1v) is 9.76. The highest BCUT2D eigenvalue weighted by Crippen LogP contribution is 2.11. The molecule has 1 aromatic carbocycles. The summed E-state index contributed by atoms with van der Waals surface area (Å²) < 4.78 is 1.18. The van der Waals surface area contributed by atoms with Crippen molar-refractivity contribution in [1.82, 2.24) is 19.8 Å². The van der Waals surface area contributed by atoms with Crippen LogP contribution in [0, 0.1) is 0 Å². The van der Waals surface area contributed by atoms with E-state index in [9.17, 15) is 14.4 Å². The molecular weight excluding hydrogens is 344 g/mol. The molecule has 0 spiro atoms. The Morgan fingerprint density at radius 3 is 2.63 bits per heavy atom. The fourth-order valence-electron chi connectivity index (χ4n) is 3.63. The Kier molecular flexibility index (Phi) is 6.11. The molecule has 146 valence electrons. The molecular formula is C20H28N4O3. The quantitative estimate of drug-likeness (QED) is 0.758. The van der Waals surface area contributed by atoms with Crippen LogP contribution in [-0.2, 0) is 0 Å². The van der Waals surface area contributed by atoms with Crippen LogP contribution in [0.15, 0.2) is 27.8 Å². The van der Waals surface area contributed by atoms with Gasteiger partial charge in [-0.1, -0.05) is 6.42 Å². The molecule has 1 fully saturated rings. The van der Waals surface area contributed by atoms with Crippen LogP contribution in [0.25, 0.3) is 10.9 Å². The highest BCUT2D eigenvalue weighted by molar-refractivity contribution is 5.97. The van der Waals surface area contributed by atoms with Crippen molar-refractivity contribution in [2.75, 3.05) is 26.2 Å². The molecule has 1 aliphatic rings. The highest BCUT2D eigenvalue weighted by atomic mass is 16.2. The third-order valence-corrected chi connectivity index (χ3v) is 5.09. The molecule has 1 amide bonds. The number of carbonyl (C=O) groups excluding carboxylic acids is 1. The van der Waals surface area contributed by atoms with Gasteiger partial charge < -0.3 is 15.2 Å². The predicted octanol–water partition coefficient (Wildman–Crippen LogP) is 1.88. The third-order valence-electron chi connectivity index (χ3n) is 5.09. The number of H-pyrrole nitrogens is 1. The number of nitrogens with one attached hydrogen (secondary N) is 2. The van der Waals surface area contributed by atoms with E-state index in [0.29, 0.717) is 23.0 Å². The van der Waals surface area contributed by atoms with Gasteiger partial charge in [-0.05, 0) is 70.9 Å². The SMILES string of the molecule is CC(C)n1c(=O)[nH]c2cc(C(=O)NCCCN3CCCCC3)ccc2c1=O. The van der Waals surface area contributed by atoms with Crippen LogP contribution in [0.3, 0.4) is 0 Å². The van der Waals surface area contributed by atoms with E-state index >= 15 is 0 Å². The first-order chi connectivity index (χ1) is 13.0. The van der Waals surface area contributed by atoms with E-state index < -0.39 is 5.69 Å². The number of likely N-dealkylation sites (tertiary alicyclic amines) is 1. The topological polar surface area (TPSA) is 87.2 Å². The number of nitrogens with zero attached hydrogens (tertiary/aromatic N) is 2. The number of fused-ring (bicyclic) bond motifs is 1. The molecule has 0 saturated carbocycles. The molecule has 1 saturated heterocycles. The minimum atomic E-state index is -0.457. The maximum atomic E-state index is 12.5. The van der Waals surface area contributed by atoms with Crippen molar-refractivity contribution < 1.29 is 4.79 Å². The maximum absolute atomic E-state index is 12.5. The fourth-order valence-corrected chi connectivity index (χ4v) is 3.63. The van der Waals surface area contributed by atoms with Gasteiger partial charge in [-0.15, -0.1) is 0 Å². The molecule has 0 atom stereocenters. The molecule has 0 bridgehead atoms. The lowest BCUT2D eigenvalue weighted by Crippen LogP contribution is -2.36. The molecule has 7 heteroatoms. The van der Waals surface area contributed by atoms with Crippen LogP contribution in [-0.4, -0.2) is 46.5 Å². The summed E-state index contributed by atoms with van der Waals surface area (Å²) in [6.45, 7) is 7.49. The summed E-state index contributed by atoms with van der Waals surface area (Å²) in [6, 6.07) is 4.58. The Morgan fingerprint density at radius 1 is 1.19 bits per heavy atom. The Balaban J connectivity index is 1.65. The lowest BCUT2D eigenvalue weighted by Gasteiger charge is -2.26. The summed E-state index contributed by atoms with van der Waals surface area (Å²) in [5, 5.41) is 3.33. The Morgan fingerprint density at radius 2 is 1.93 bits per heavy atom. The van der Waals surface area contributed by atoms with Gasteiger partial charge in [0.1, 0.15) is 0 Å². The average Bonchev–Trinajstić information content (AvgIpc) is 2.65. The van der Waals surface area contributed by atoms with E-state index in [1.807, 2.05) is 0 Å². The number of piperidine rings is 1. The Bertz CT molecular complexity index is 923. The number of amides is 1. The van der Waals surface area contributed by atoms with Gasteiger partial charge in [0.15, 0.2) is 0 Å². The van der Waals surface area contributed by atoms with Crippen molar-refractivity contribution in [2.24, 2.45) is 0 Å². The molecule has 2 aromatic rings. The second-order valence-electron chi connectivity index (χ2n) is 7.47. The van der Waals surface area contributed by atoms with Gasteiger partial charge in [-0.2, -0.15) is 0 Å². The minimum Gasteiger partial charge on any atom is -0.352 e. The normalized spacial score (nSPS) is 15.4. The van der Waals surface area contributed by atoms with Gasteiger partial charge in [-0.25, -0.2) is 4.79 Å². The van der Waals surface area contributed by atoms with E-state index in [-0.39, 0.29) is 17.5 Å². The largest absolute Gasteiger partial charge is 0.352 e. The number of hydrogen-bond donors (Lipinski definition) is 2. The lowest BCUT2D eigenvalue weighted by molar-refractivity contribution is 0.0951. The molecule has 0 unspecified atom stereocenters. The van der Waals surface area contributed by atoms with Gasteiger partial charge in [0.25, 0.3) is 11.5 Å². The van der Waals surface area contributed by atoms with Crippen LogP contribution in [0.4, 0.5) is 0 Å². The maximum Gasteiger partial charge on any atom is 0.329 e. The molecule has 7 nitrogen and oxygen atoms in total. The number of rotatable bonds is 6. The van der Waals surface area contributed by atoms with E-state index in [1.165, 1.54) is 23.8 Å². The molecule has 0 radical (unpaired) electrons. The van der Waals surface area contributed by atoms with Crippen molar-refractivity contribution >= 4 is 16.8 Å². The minimum absolute atomic E-state index is 0.190. The zero-order chi connectivity index (χ0) is 19.4. The van der Waals surface area contributed by atoms with Crippen LogP contribution in [0.5, 0.6) is 0 Å². The first kappa shape index (κ1) is 19.4. The molecule has 2 N–H and O–H groups in total. The molecule has 1 aromatic heterocycles. The van der Waals surface area contributed by atoms with Gasteiger partial charge in [0, 0.05) is 18.2 Å². The van der Waals surface area contributed by atoms with Gasteiger partial charge >= 0.3 is 5.69 Å².